The Kier molecular flexibility index (Phi) is 2.86. The highest BCUT2D eigenvalue weighted by Crippen LogP contribution is 2.40. The summed E-state index contributed by atoms with van der Waals surface area (Å²) in [6, 6.07) is 0.393. The van der Waals surface area contributed by atoms with E-state index in [0.29, 0.717) is 18.6 Å². The molecule has 4 unspecified atom stereocenters. The SMILES string of the molecule is O=C(OCC1CCCCO1)C1C2CNC1C2. The van der Waals surface area contributed by atoms with Crippen LogP contribution in [0.1, 0.15) is 25.7 Å². The van der Waals surface area contributed by atoms with Gasteiger partial charge in [0.1, 0.15) is 6.61 Å². The summed E-state index contributed by atoms with van der Waals surface area (Å²) in [4.78, 5) is 11.8. The van der Waals surface area contributed by atoms with Crippen molar-refractivity contribution in [3.63, 3.8) is 0 Å². The summed E-state index contributed by atoms with van der Waals surface area (Å²) in [6.45, 7) is 2.26. The van der Waals surface area contributed by atoms with Gasteiger partial charge >= 0.3 is 5.97 Å². The highest BCUT2D eigenvalue weighted by Gasteiger charge is 2.51. The fourth-order valence-corrected chi connectivity index (χ4v) is 3.04. The molecule has 0 aromatic heterocycles. The van der Waals surface area contributed by atoms with Crippen LogP contribution in [-0.2, 0) is 14.3 Å². The van der Waals surface area contributed by atoms with Crippen molar-refractivity contribution in [1.29, 1.82) is 0 Å². The number of rotatable bonds is 3. The molecule has 0 radical (unpaired) electrons. The van der Waals surface area contributed by atoms with E-state index >= 15 is 0 Å². The van der Waals surface area contributed by atoms with Crippen molar-refractivity contribution in [3.05, 3.63) is 0 Å². The first kappa shape index (κ1) is 10.5. The minimum Gasteiger partial charge on any atom is -0.463 e. The lowest BCUT2D eigenvalue weighted by molar-refractivity contribution is -0.159. The third-order valence-electron chi connectivity index (χ3n) is 4.10. The van der Waals surface area contributed by atoms with Crippen LogP contribution in [0.25, 0.3) is 0 Å². The minimum atomic E-state index is -0.0135. The molecule has 1 aliphatic carbocycles. The van der Waals surface area contributed by atoms with Crippen molar-refractivity contribution in [3.8, 4) is 0 Å². The van der Waals surface area contributed by atoms with Crippen molar-refractivity contribution >= 4 is 5.97 Å². The Bertz CT molecular complexity index is 261. The van der Waals surface area contributed by atoms with Crippen molar-refractivity contribution in [2.24, 2.45) is 11.8 Å². The first-order valence-electron chi connectivity index (χ1n) is 6.36. The number of hydrogen-bond acceptors (Lipinski definition) is 4. The van der Waals surface area contributed by atoms with E-state index in [1.807, 2.05) is 0 Å². The smallest absolute Gasteiger partial charge is 0.310 e. The van der Waals surface area contributed by atoms with E-state index in [1.54, 1.807) is 0 Å². The first-order valence-corrected chi connectivity index (χ1v) is 6.36. The first-order chi connectivity index (χ1) is 7.84. The van der Waals surface area contributed by atoms with E-state index in [4.69, 9.17) is 9.47 Å². The highest BCUT2D eigenvalue weighted by atomic mass is 16.6. The van der Waals surface area contributed by atoms with Crippen molar-refractivity contribution in [2.45, 2.75) is 37.8 Å². The molecule has 2 bridgehead atoms. The molecule has 0 aromatic carbocycles. The van der Waals surface area contributed by atoms with Gasteiger partial charge in [-0.15, -0.1) is 0 Å². The Morgan fingerprint density at radius 3 is 3.00 bits per heavy atom. The molecular weight excluding hydrogens is 206 g/mol. The number of esters is 1. The lowest BCUT2D eigenvalue weighted by Gasteiger charge is -2.32. The molecule has 0 aromatic rings. The standard InChI is InChI=1S/C12H19NO3/c14-12(11-8-5-10(11)13-6-8)16-7-9-3-1-2-4-15-9/h8-11,13H,1-7H2. The molecule has 0 spiro atoms. The van der Waals surface area contributed by atoms with Crippen molar-refractivity contribution < 1.29 is 14.3 Å². The van der Waals surface area contributed by atoms with Gasteiger partial charge in [0.2, 0.25) is 0 Å². The quantitative estimate of drug-likeness (QED) is 0.718. The summed E-state index contributed by atoms with van der Waals surface area (Å²) in [5.41, 5.74) is 0. The number of carbonyl (C=O) groups is 1. The van der Waals surface area contributed by atoms with Crippen LogP contribution in [0.2, 0.25) is 0 Å². The molecule has 4 aliphatic rings. The van der Waals surface area contributed by atoms with Gasteiger partial charge in [-0.05, 0) is 38.1 Å². The summed E-state index contributed by atoms with van der Waals surface area (Å²) in [6.07, 6.45) is 4.66. The average molecular weight is 225 g/mol. The Morgan fingerprint density at radius 2 is 2.38 bits per heavy atom. The Labute approximate surface area is 95.7 Å². The zero-order valence-corrected chi connectivity index (χ0v) is 9.48. The number of hydrogen-bond donors (Lipinski definition) is 1. The fraction of sp³-hybridized carbons (Fsp3) is 0.917. The van der Waals surface area contributed by atoms with Gasteiger partial charge in [0.25, 0.3) is 0 Å². The third-order valence-corrected chi connectivity index (χ3v) is 4.10. The van der Waals surface area contributed by atoms with Gasteiger partial charge in [0, 0.05) is 12.6 Å². The second-order valence-corrected chi connectivity index (χ2v) is 5.15. The van der Waals surface area contributed by atoms with Gasteiger partial charge in [-0.1, -0.05) is 0 Å². The molecule has 3 heterocycles. The zero-order chi connectivity index (χ0) is 11.0. The van der Waals surface area contributed by atoms with E-state index < -0.39 is 0 Å². The van der Waals surface area contributed by atoms with Gasteiger partial charge in [-0.25, -0.2) is 0 Å². The highest BCUT2D eigenvalue weighted by molar-refractivity contribution is 5.75. The van der Waals surface area contributed by atoms with Crippen molar-refractivity contribution in [2.75, 3.05) is 19.8 Å². The fourth-order valence-electron chi connectivity index (χ4n) is 3.04. The maximum Gasteiger partial charge on any atom is 0.310 e. The largest absolute Gasteiger partial charge is 0.463 e. The van der Waals surface area contributed by atoms with Gasteiger partial charge in [-0.2, -0.15) is 0 Å². The molecule has 4 fully saturated rings. The van der Waals surface area contributed by atoms with Crippen LogP contribution in [0.4, 0.5) is 0 Å². The van der Waals surface area contributed by atoms with Gasteiger partial charge in [-0.3, -0.25) is 4.79 Å². The number of carbonyl (C=O) groups excluding carboxylic acids is 1. The maximum atomic E-state index is 11.8. The summed E-state index contributed by atoms with van der Waals surface area (Å²) < 4.78 is 10.9. The van der Waals surface area contributed by atoms with Crippen LogP contribution in [0.3, 0.4) is 0 Å². The maximum absolute atomic E-state index is 11.8. The molecule has 1 saturated carbocycles. The van der Waals surface area contributed by atoms with E-state index in [-0.39, 0.29) is 18.0 Å². The van der Waals surface area contributed by atoms with E-state index in [2.05, 4.69) is 5.32 Å². The van der Waals surface area contributed by atoms with Crippen LogP contribution in [0.15, 0.2) is 0 Å². The van der Waals surface area contributed by atoms with Crippen LogP contribution in [-0.4, -0.2) is 37.9 Å². The molecule has 90 valence electrons. The van der Waals surface area contributed by atoms with Crippen LogP contribution < -0.4 is 5.32 Å². The zero-order valence-electron chi connectivity index (χ0n) is 9.48. The van der Waals surface area contributed by atoms with Crippen LogP contribution in [0.5, 0.6) is 0 Å². The molecule has 4 heteroatoms. The van der Waals surface area contributed by atoms with E-state index in [1.165, 1.54) is 6.42 Å². The number of fused-ring (bicyclic) bond motifs is 1. The lowest BCUT2D eigenvalue weighted by Crippen LogP contribution is -2.44. The minimum absolute atomic E-state index is 0.0135. The molecular formula is C12H19NO3. The predicted molar refractivity (Wildman–Crippen MR) is 57.9 cm³/mol. The Hall–Kier alpha value is -0.610. The monoisotopic (exact) mass is 225 g/mol. The van der Waals surface area contributed by atoms with Crippen LogP contribution in [0, 0.1) is 11.8 Å². The van der Waals surface area contributed by atoms with Gasteiger partial charge in [0.05, 0.1) is 12.0 Å². The summed E-state index contributed by atoms with van der Waals surface area (Å²) in [5, 5.41) is 3.33. The third kappa shape index (κ3) is 1.84. The number of ether oxygens (including phenoxy) is 2. The molecule has 0 amide bonds. The molecule has 4 nitrogen and oxygen atoms in total. The predicted octanol–water partition coefficient (Wildman–Crippen LogP) is 0.707. The molecule has 4 atom stereocenters. The average Bonchev–Trinajstić information content (AvgIpc) is 2.90. The molecule has 1 N–H and O–H groups in total. The topological polar surface area (TPSA) is 47.6 Å². The second-order valence-electron chi connectivity index (χ2n) is 5.15. The molecule has 16 heavy (non-hydrogen) atoms. The summed E-state index contributed by atoms with van der Waals surface area (Å²) >= 11 is 0. The van der Waals surface area contributed by atoms with Gasteiger partial charge in [0.15, 0.2) is 0 Å². The lowest BCUT2D eigenvalue weighted by atomic mass is 9.74. The molecule has 4 rings (SSSR count). The second kappa shape index (κ2) is 4.34. The number of nitrogens with one attached hydrogen (secondary N) is 1. The molecule has 3 saturated heterocycles. The Balaban J connectivity index is 1.43. The van der Waals surface area contributed by atoms with Crippen LogP contribution >= 0.6 is 0 Å². The normalized spacial score (nSPS) is 41.5. The summed E-state index contributed by atoms with van der Waals surface area (Å²) in [7, 11) is 0. The van der Waals surface area contributed by atoms with Crippen molar-refractivity contribution in [1.82, 2.24) is 5.32 Å². The molecule has 3 aliphatic heterocycles. The van der Waals surface area contributed by atoms with Gasteiger partial charge < -0.3 is 14.8 Å². The van der Waals surface area contributed by atoms with E-state index in [9.17, 15) is 4.79 Å². The Morgan fingerprint density at radius 1 is 1.44 bits per heavy atom. The summed E-state index contributed by atoms with van der Waals surface area (Å²) in [5.74, 6) is 0.647. The van der Waals surface area contributed by atoms with E-state index in [0.717, 1.165) is 32.4 Å².